The van der Waals surface area contributed by atoms with Gasteiger partial charge in [-0.25, -0.2) is 0 Å². The molecule has 0 saturated heterocycles. The first kappa shape index (κ1) is 13.6. The predicted octanol–water partition coefficient (Wildman–Crippen LogP) is 1.34. The van der Waals surface area contributed by atoms with Gasteiger partial charge in [-0.3, -0.25) is 9.59 Å². The number of carboxylic acid groups (broad SMARTS) is 1. The second kappa shape index (κ2) is 6.30. The Bertz CT molecular complexity index is 522. The number of carboxylic acids is 1. The number of carbonyl (C=O) groups excluding carboxylic acids is 1. The molecule has 1 N–H and O–H groups in total. The lowest BCUT2D eigenvalue weighted by atomic mass is 10.1. The van der Waals surface area contributed by atoms with E-state index in [1.807, 2.05) is 0 Å². The number of hydrogen-bond donors (Lipinski definition) is 1. The Hall–Kier alpha value is -2.48. The highest BCUT2D eigenvalue weighted by atomic mass is 16.5. The van der Waals surface area contributed by atoms with E-state index in [1.165, 1.54) is 26.4 Å². The monoisotopic (exact) mass is 248 g/mol. The molecule has 0 spiro atoms. The fraction of sp³-hybridized carbons (Fsp3) is 0.231. The van der Waals surface area contributed by atoms with Gasteiger partial charge in [0.1, 0.15) is 12.7 Å². The third-order valence-electron chi connectivity index (χ3n) is 2.10. The summed E-state index contributed by atoms with van der Waals surface area (Å²) in [6, 6.07) is 3.04. The van der Waals surface area contributed by atoms with Crippen LogP contribution in [0.2, 0.25) is 0 Å². The SMILES string of the molecule is COc1cc(C=O)cc(C#CCC(=O)O)c1OC. The Morgan fingerprint density at radius 1 is 1.39 bits per heavy atom. The Labute approximate surface area is 104 Å². The van der Waals surface area contributed by atoms with Gasteiger partial charge in [0, 0.05) is 5.56 Å². The molecule has 1 aromatic rings. The number of methoxy groups -OCH3 is 2. The summed E-state index contributed by atoms with van der Waals surface area (Å²) >= 11 is 0. The third-order valence-corrected chi connectivity index (χ3v) is 2.10. The molecule has 0 amide bonds. The summed E-state index contributed by atoms with van der Waals surface area (Å²) in [5.74, 6) is 4.87. The Balaban J connectivity index is 3.24. The molecule has 18 heavy (non-hydrogen) atoms. The number of ether oxygens (including phenoxy) is 2. The van der Waals surface area contributed by atoms with Crippen molar-refractivity contribution >= 4 is 12.3 Å². The van der Waals surface area contributed by atoms with Gasteiger partial charge in [0.2, 0.25) is 0 Å². The quantitative estimate of drug-likeness (QED) is 0.643. The highest BCUT2D eigenvalue weighted by molar-refractivity contribution is 5.78. The average Bonchev–Trinajstić information content (AvgIpc) is 2.37. The normalized spacial score (nSPS) is 9.00. The molecule has 5 heteroatoms. The topological polar surface area (TPSA) is 72.8 Å². The molecule has 0 bridgehead atoms. The highest BCUT2D eigenvalue weighted by Gasteiger charge is 2.10. The smallest absolute Gasteiger partial charge is 0.315 e. The number of rotatable bonds is 4. The number of aldehydes is 1. The molecule has 0 unspecified atom stereocenters. The Morgan fingerprint density at radius 3 is 2.61 bits per heavy atom. The first-order valence-corrected chi connectivity index (χ1v) is 5.04. The molecule has 0 aromatic heterocycles. The molecule has 0 aliphatic heterocycles. The number of benzene rings is 1. The first-order chi connectivity index (χ1) is 8.62. The molecular formula is C13H12O5. The minimum absolute atomic E-state index is 0.281. The van der Waals surface area contributed by atoms with Crippen LogP contribution in [0, 0.1) is 11.8 Å². The minimum Gasteiger partial charge on any atom is -0.493 e. The van der Waals surface area contributed by atoms with Crippen molar-refractivity contribution in [3.8, 4) is 23.3 Å². The molecular weight excluding hydrogens is 236 g/mol. The maximum Gasteiger partial charge on any atom is 0.315 e. The van der Waals surface area contributed by atoms with E-state index in [2.05, 4.69) is 11.8 Å². The summed E-state index contributed by atoms with van der Waals surface area (Å²) in [7, 11) is 2.89. The van der Waals surface area contributed by atoms with Crippen molar-refractivity contribution < 1.29 is 24.2 Å². The average molecular weight is 248 g/mol. The molecule has 0 atom stereocenters. The van der Waals surface area contributed by atoms with Crippen molar-refractivity contribution in [2.24, 2.45) is 0 Å². The second-order valence-electron chi connectivity index (χ2n) is 3.29. The minimum atomic E-state index is -1.01. The number of aliphatic carboxylic acids is 1. The van der Waals surface area contributed by atoms with Crippen LogP contribution in [0.3, 0.4) is 0 Å². The standard InChI is InChI=1S/C13H12O5/c1-17-11-7-9(8-14)6-10(13(11)18-2)4-3-5-12(15)16/h6-8H,5H2,1-2H3,(H,15,16). The van der Waals surface area contributed by atoms with Crippen molar-refractivity contribution in [3.63, 3.8) is 0 Å². The lowest BCUT2D eigenvalue weighted by Gasteiger charge is -2.10. The van der Waals surface area contributed by atoms with Gasteiger partial charge >= 0.3 is 5.97 Å². The van der Waals surface area contributed by atoms with E-state index in [0.29, 0.717) is 28.9 Å². The van der Waals surface area contributed by atoms with E-state index in [9.17, 15) is 9.59 Å². The van der Waals surface area contributed by atoms with Crippen LogP contribution >= 0.6 is 0 Å². The predicted molar refractivity (Wildman–Crippen MR) is 64.1 cm³/mol. The van der Waals surface area contributed by atoms with Crippen molar-refractivity contribution in [2.45, 2.75) is 6.42 Å². The number of hydrogen-bond acceptors (Lipinski definition) is 4. The Kier molecular flexibility index (Phi) is 4.76. The van der Waals surface area contributed by atoms with Crippen molar-refractivity contribution in [2.75, 3.05) is 14.2 Å². The van der Waals surface area contributed by atoms with Gasteiger partial charge in [0.15, 0.2) is 11.5 Å². The summed E-state index contributed by atoms with van der Waals surface area (Å²) in [5, 5.41) is 8.50. The van der Waals surface area contributed by atoms with Crippen molar-refractivity contribution in [3.05, 3.63) is 23.3 Å². The summed E-state index contributed by atoms with van der Waals surface area (Å²) in [5.41, 5.74) is 0.799. The lowest BCUT2D eigenvalue weighted by Crippen LogP contribution is -1.96. The van der Waals surface area contributed by atoms with Gasteiger partial charge < -0.3 is 14.6 Å². The van der Waals surface area contributed by atoms with Gasteiger partial charge in [-0.2, -0.15) is 0 Å². The van der Waals surface area contributed by atoms with Gasteiger partial charge in [-0.05, 0) is 12.1 Å². The molecule has 0 heterocycles. The van der Waals surface area contributed by atoms with Crippen LogP contribution in [-0.2, 0) is 4.79 Å². The van der Waals surface area contributed by atoms with Gasteiger partial charge in [-0.1, -0.05) is 11.8 Å². The van der Waals surface area contributed by atoms with E-state index in [-0.39, 0.29) is 6.42 Å². The van der Waals surface area contributed by atoms with Gasteiger partial charge in [0.05, 0.1) is 19.8 Å². The van der Waals surface area contributed by atoms with E-state index < -0.39 is 5.97 Å². The zero-order valence-corrected chi connectivity index (χ0v) is 10.0. The third kappa shape index (κ3) is 3.25. The summed E-state index contributed by atoms with van der Waals surface area (Å²) in [6.45, 7) is 0. The summed E-state index contributed by atoms with van der Waals surface area (Å²) < 4.78 is 10.2. The molecule has 1 aromatic carbocycles. The van der Waals surface area contributed by atoms with Gasteiger partial charge in [-0.15, -0.1) is 0 Å². The largest absolute Gasteiger partial charge is 0.493 e. The first-order valence-electron chi connectivity index (χ1n) is 5.04. The molecule has 0 radical (unpaired) electrons. The van der Waals surface area contributed by atoms with Crippen molar-refractivity contribution in [1.29, 1.82) is 0 Å². The molecule has 1 rings (SSSR count). The number of carbonyl (C=O) groups is 2. The van der Waals surface area contributed by atoms with Crippen LogP contribution < -0.4 is 9.47 Å². The molecule has 0 saturated carbocycles. The zero-order valence-electron chi connectivity index (χ0n) is 10.0. The molecule has 0 aliphatic carbocycles. The highest BCUT2D eigenvalue weighted by Crippen LogP contribution is 2.31. The van der Waals surface area contributed by atoms with Crippen LogP contribution in [-0.4, -0.2) is 31.6 Å². The van der Waals surface area contributed by atoms with E-state index in [0.717, 1.165) is 0 Å². The van der Waals surface area contributed by atoms with Crippen LogP contribution in [0.25, 0.3) is 0 Å². The maximum atomic E-state index is 10.8. The second-order valence-corrected chi connectivity index (χ2v) is 3.29. The molecule has 94 valence electrons. The lowest BCUT2D eigenvalue weighted by molar-refractivity contribution is -0.135. The molecule has 5 nitrogen and oxygen atoms in total. The van der Waals surface area contributed by atoms with E-state index >= 15 is 0 Å². The summed E-state index contributed by atoms with van der Waals surface area (Å²) in [4.78, 5) is 21.1. The Morgan fingerprint density at radius 2 is 2.11 bits per heavy atom. The van der Waals surface area contributed by atoms with E-state index in [4.69, 9.17) is 14.6 Å². The maximum absolute atomic E-state index is 10.8. The van der Waals surface area contributed by atoms with Crippen LogP contribution in [0.4, 0.5) is 0 Å². The van der Waals surface area contributed by atoms with Crippen LogP contribution in [0.15, 0.2) is 12.1 Å². The van der Waals surface area contributed by atoms with Crippen LogP contribution in [0.5, 0.6) is 11.5 Å². The van der Waals surface area contributed by atoms with E-state index in [1.54, 1.807) is 0 Å². The fourth-order valence-electron chi connectivity index (χ4n) is 1.36. The van der Waals surface area contributed by atoms with Crippen molar-refractivity contribution in [1.82, 2.24) is 0 Å². The summed E-state index contributed by atoms with van der Waals surface area (Å²) in [6.07, 6.45) is 0.376. The van der Waals surface area contributed by atoms with Crippen LogP contribution in [0.1, 0.15) is 22.3 Å². The molecule has 0 aliphatic rings. The fourth-order valence-corrected chi connectivity index (χ4v) is 1.36. The zero-order chi connectivity index (χ0) is 13.5. The van der Waals surface area contributed by atoms with Gasteiger partial charge in [0.25, 0.3) is 0 Å². The molecule has 0 fully saturated rings.